The van der Waals surface area contributed by atoms with Crippen molar-refractivity contribution >= 4 is 11.6 Å². The Balaban J connectivity index is 2.22. The average molecular weight is 364 g/mol. The van der Waals surface area contributed by atoms with E-state index in [1.54, 1.807) is 0 Å². The number of nitrogens with zero attached hydrogens (tertiary/aromatic N) is 3. The van der Waals surface area contributed by atoms with Crippen molar-refractivity contribution < 1.29 is 31.1 Å². The standard InChI is InChI=1S/C14H10F6N4O/c1-12(5-10(23-24-12)14(18,19)20)11(25)22-8-3-2-7(6-21)9(4-8)13(15,16)17/h2-4,10H,5H2,1H3,(H,22,25)/t10?,12-/m1/s1. The van der Waals surface area contributed by atoms with Gasteiger partial charge in [0.15, 0.2) is 11.6 Å². The van der Waals surface area contributed by atoms with E-state index >= 15 is 0 Å². The van der Waals surface area contributed by atoms with E-state index < -0.39 is 47.4 Å². The maximum atomic E-state index is 12.9. The molecule has 0 aliphatic carbocycles. The van der Waals surface area contributed by atoms with E-state index in [9.17, 15) is 31.1 Å². The summed E-state index contributed by atoms with van der Waals surface area (Å²) in [6.45, 7) is 1.10. The van der Waals surface area contributed by atoms with E-state index in [1.807, 2.05) is 0 Å². The zero-order valence-electron chi connectivity index (χ0n) is 12.5. The SMILES string of the molecule is C[C@]1(C(=O)Nc2ccc(C#N)c(C(F)(F)F)c2)CC(C(F)(F)F)N=N1. The third-order valence-electron chi connectivity index (χ3n) is 3.58. The van der Waals surface area contributed by atoms with Gasteiger partial charge < -0.3 is 5.32 Å². The van der Waals surface area contributed by atoms with Crippen LogP contribution in [0, 0.1) is 11.3 Å². The molecule has 25 heavy (non-hydrogen) atoms. The predicted molar refractivity (Wildman–Crippen MR) is 72.5 cm³/mol. The summed E-state index contributed by atoms with van der Waals surface area (Å²) < 4.78 is 76.5. The van der Waals surface area contributed by atoms with E-state index in [2.05, 4.69) is 15.5 Å². The Morgan fingerprint density at radius 1 is 1.32 bits per heavy atom. The quantitative estimate of drug-likeness (QED) is 0.804. The number of carbonyl (C=O) groups is 1. The van der Waals surface area contributed by atoms with Crippen LogP contribution in [0.15, 0.2) is 28.4 Å². The van der Waals surface area contributed by atoms with Crippen LogP contribution in [0.2, 0.25) is 0 Å². The number of azo groups is 1. The normalized spacial score (nSPS) is 23.4. The van der Waals surface area contributed by atoms with Gasteiger partial charge in [-0.15, -0.1) is 0 Å². The predicted octanol–water partition coefficient (Wildman–Crippen LogP) is 4.06. The molecule has 1 aliphatic heterocycles. The molecule has 0 radical (unpaired) electrons. The van der Waals surface area contributed by atoms with Crippen LogP contribution < -0.4 is 5.32 Å². The van der Waals surface area contributed by atoms with Crippen molar-refractivity contribution in [1.82, 2.24) is 0 Å². The highest BCUT2D eigenvalue weighted by atomic mass is 19.4. The number of benzene rings is 1. The van der Waals surface area contributed by atoms with Crippen LogP contribution in [-0.2, 0) is 11.0 Å². The van der Waals surface area contributed by atoms with Crippen LogP contribution in [-0.4, -0.2) is 23.7 Å². The minimum atomic E-state index is -4.83. The minimum Gasteiger partial charge on any atom is -0.324 e. The summed E-state index contributed by atoms with van der Waals surface area (Å²) in [5.41, 5.74) is -4.08. The lowest BCUT2D eigenvalue weighted by Crippen LogP contribution is -2.40. The van der Waals surface area contributed by atoms with Crippen molar-refractivity contribution in [2.75, 3.05) is 5.32 Å². The maximum Gasteiger partial charge on any atom is 0.417 e. The van der Waals surface area contributed by atoms with E-state index in [0.717, 1.165) is 19.1 Å². The van der Waals surface area contributed by atoms with Gasteiger partial charge in [-0.2, -0.15) is 41.8 Å². The first kappa shape index (κ1) is 18.7. The molecule has 5 nitrogen and oxygen atoms in total. The number of nitriles is 1. The minimum absolute atomic E-state index is 0.316. The fourth-order valence-electron chi connectivity index (χ4n) is 2.19. The lowest BCUT2D eigenvalue weighted by Gasteiger charge is -2.20. The van der Waals surface area contributed by atoms with Crippen molar-refractivity contribution in [2.45, 2.75) is 37.3 Å². The van der Waals surface area contributed by atoms with Crippen molar-refractivity contribution in [3.8, 4) is 6.07 Å². The van der Waals surface area contributed by atoms with Gasteiger partial charge in [0.1, 0.15) is 0 Å². The zero-order valence-corrected chi connectivity index (χ0v) is 12.5. The summed E-state index contributed by atoms with van der Waals surface area (Å²) in [6.07, 6.45) is -10.2. The molecule has 0 aromatic heterocycles. The molecular weight excluding hydrogens is 354 g/mol. The first-order valence-corrected chi connectivity index (χ1v) is 6.78. The number of alkyl halides is 6. The molecule has 1 heterocycles. The highest BCUT2D eigenvalue weighted by Gasteiger charge is 2.51. The molecule has 2 atom stereocenters. The van der Waals surface area contributed by atoms with E-state index in [-0.39, 0.29) is 5.69 Å². The Morgan fingerprint density at radius 2 is 1.96 bits per heavy atom. The fraction of sp³-hybridized carbons (Fsp3) is 0.429. The van der Waals surface area contributed by atoms with E-state index in [1.165, 1.54) is 6.07 Å². The molecule has 134 valence electrons. The summed E-state index contributed by atoms with van der Waals surface area (Å²) in [4.78, 5) is 12.1. The van der Waals surface area contributed by atoms with Gasteiger partial charge in [-0.25, -0.2) is 0 Å². The van der Waals surface area contributed by atoms with Gasteiger partial charge in [-0.05, 0) is 25.1 Å². The molecule has 0 saturated heterocycles. The van der Waals surface area contributed by atoms with E-state index in [0.29, 0.717) is 6.07 Å². The molecule has 0 fully saturated rings. The molecule has 0 bridgehead atoms. The van der Waals surface area contributed by atoms with Gasteiger partial charge in [0.05, 0.1) is 17.2 Å². The van der Waals surface area contributed by atoms with Gasteiger partial charge in [-0.3, -0.25) is 4.79 Å². The molecule has 11 heteroatoms. The van der Waals surface area contributed by atoms with Gasteiger partial charge >= 0.3 is 12.4 Å². The fourth-order valence-corrected chi connectivity index (χ4v) is 2.19. The summed E-state index contributed by atoms with van der Waals surface area (Å²) in [7, 11) is 0. The number of anilines is 1. The number of nitrogens with one attached hydrogen (secondary N) is 1. The Kier molecular flexibility index (Phi) is 4.50. The third-order valence-corrected chi connectivity index (χ3v) is 3.58. The lowest BCUT2D eigenvalue weighted by atomic mass is 9.94. The number of halogens is 6. The lowest BCUT2D eigenvalue weighted by molar-refractivity contribution is -0.148. The highest BCUT2D eigenvalue weighted by Crippen LogP contribution is 2.38. The van der Waals surface area contributed by atoms with Crippen LogP contribution >= 0.6 is 0 Å². The molecule has 1 amide bonds. The van der Waals surface area contributed by atoms with Gasteiger partial charge in [0.2, 0.25) is 0 Å². The van der Waals surface area contributed by atoms with Crippen molar-refractivity contribution in [2.24, 2.45) is 10.2 Å². The van der Waals surface area contributed by atoms with Gasteiger partial charge in [0, 0.05) is 12.1 Å². The maximum absolute atomic E-state index is 12.9. The number of hydrogen-bond acceptors (Lipinski definition) is 4. The van der Waals surface area contributed by atoms with Crippen LogP contribution in [0.1, 0.15) is 24.5 Å². The largest absolute Gasteiger partial charge is 0.417 e. The number of carbonyl (C=O) groups excluding carboxylic acids is 1. The van der Waals surface area contributed by atoms with E-state index in [4.69, 9.17) is 5.26 Å². The first-order valence-electron chi connectivity index (χ1n) is 6.78. The van der Waals surface area contributed by atoms with Crippen molar-refractivity contribution in [3.63, 3.8) is 0 Å². The Morgan fingerprint density at radius 3 is 2.44 bits per heavy atom. The van der Waals surface area contributed by atoms with Gasteiger partial charge in [-0.1, -0.05) is 0 Å². The molecule has 1 N–H and O–H groups in total. The number of hydrogen-bond donors (Lipinski definition) is 1. The van der Waals surface area contributed by atoms with Crippen molar-refractivity contribution in [1.29, 1.82) is 5.26 Å². The molecular formula is C14H10F6N4O. The van der Waals surface area contributed by atoms with Gasteiger partial charge in [0.25, 0.3) is 5.91 Å². The monoisotopic (exact) mass is 364 g/mol. The molecule has 1 aromatic carbocycles. The molecule has 1 aliphatic rings. The van der Waals surface area contributed by atoms with Crippen LogP contribution in [0.3, 0.4) is 0 Å². The highest BCUT2D eigenvalue weighted by molar-refractivity contribution is 5.98. The molecule has 0 saturated carbocycles. The topological polar surface area (TPSA) is 77.6 Å². The average Bonchev–Trinajstić information content (AvgIpc) is 2.90. The molecule has 2 rings (SSSR count). The Bertz CT molecular complexity index is 764. The second-order valence-corrected chi connectivity index (χ2v) is 5.57. The van der Waals surface area contributed by atoms with Crippen molar-refractivity contribution in [3.05, 3.63) is 29.3 Å². The number of rotatable bonds is 2. The van der Waals surface area contributed by atoms with Crippen LogP contribution in [0.4, 0.5) is 32.0 Å². The Hall–Kier alpha value is -2.64. The summed E-state index contributed by atoms with van der Waals surface area (Å²) >= 11 is 0. The second kappa shape index (κ2) is 6.02. The van der Waals surface area contributed by atoms with Crippen LogP contribution in [0.25, 0.3) is 0 Å². The summed E-state index contributed by atoms with van der Waals surface area (Å²) in [6, 6.07) is 1.67. The Labute approximate surface area is 137 Å². The molecule has 1 unspecified atom stereocenters. The van der Waals surface area contributed by atoms with Crippen LogP contribution in [0.5, 0.6) is 0 Å². The third kappa shape index (κ3) is 3.89. The first-order chi connectivity index (χ1) is 11.4. The summed E-state index contributed by atoms with van der Waals surface area (Å²) in [5.74, 6) is -1.03. The second-order valence-electron chi connectivity index (χ2n) is 5.57. The number of amides is 1. The zero-order chi connectivity index (χ0) is 19.0. The summed E-state index contributed by atoms with van der Waals surface area (Å²) in [5, 5.41) is 17.2. The molecule has 0 spiro atoms. The smallest absolute Gasteiger partial charge is 0.324 e. The molecule has 1 aromatic rings.